The lowest BCUT2D eigenvalue weighted by atomic mass is 10.1. The lowest BCUT2D eigenvalue weighted by Gasteiger charge is -2.18. The van der Waals surface area contributed by atoms with Crippen LogP contribution in [0, 0.1) is 19.7 Å². The average molecular weight is 359 g/mol. The number of amides is 1. The predicted molar refractivity (Wildman–Crippen MR) is 95.6 cm³/mol. The molecule has 2 rings (SSSR count). The van der Waals surface area contributed by atoms with E-state index in [1.54, 1.807) is 7.05 Å². The Bertz CT molecular complexity index is 819. The van der Waals surface area contributed by atoms with Gasteiger partial charge in [-0.05, 0) is 43.2 Å². The van der Waals surface area contributed by atoms with Crippen LogP contribution in [0.5, 0.6) is 5.75 Å². The topological polar surface area (TPSA) is 55.8 Å². The number of halogens is 1. The molecule has 0 N–H and O–H groups in total. The molecule has 26 heavy (non-hydrogen) atoms. The number of methoxy groups -OCH3 is 1. The van der Waals surface area contributed by atoms with E-state index in [2.05, 4.69) is 0 Å². The Hall–Kier alpha value is -2.89. The van der Waals surface area contributed by atoms with Crippen molar-refractivity contribution in [3.05, 3.63) is 64.5 Å². The van der Waals surface area contributed by atoms with Gasteiger partial charge < -0.3 is 14.4 Å². The highest BCUT2D eigenvalue weighted by atomic mass is 19.1. The minimum atomic E-state index is -0.764. The van der Waals surface area contributed by atoms with Gasteiger partial charge in [0.15, 0.2) is 18.2 Å². The van der Waals surface area contributed by atoms with Gasteiger partial charge in [-0.15, -0.1) is 0 Å². The molecule has 0 atom stereocenters. The lowest BCUT2D eigenvalue weighted by Crippen LogP contribution is -2.31. The van der Waals surface area contributed by atoms with Crippen molar-refractivity contribution >= 4 is 11.9 Å². The fourth-order valence-corrected chi connectivity index (χ4v) is 2.48. The molecule has 0 aliphatic carbocycles. The van der Waals surface area contributed by atoms with Gasteiger partial charge in [0, 0.05) is 13.6 Å². The van der Waals surface area contributed by atoms with Crippen LogP contribution in [0.1, 0.15) is 27.0 Å². The van der Waals surface area contributed by atoms with E-state index in [0.717, 1.165) is 22.8 Å². The molecular formula is C20H22FNO4. The van der Waals surface area contributed by atoms with Crippen molar-refractivity contribution in [3.63, 3.8) is 0 Å². The summed E-state index contributed by atoms with van der Waals surface area (Å²) in [6.45, 7) is 4.00. The Morgan fingerprint density at radius 3 is 2.46 bits per heavy atom. The zero-order chi connectivity index (χ0) is 19.3. The third-order valence-electron chi connectivity index (χ3n) is 4.05. The molecular weight excluding hydrogens is 337 g/mol. The second-order valence-corrected chi connectivity index (χ2v) is 6.11. The Labute approximate surface area is 152 Å². The number of rotatable bonds is 6. The second kappa shape index (κ2) is 8.47. The molecule has 1 amide bonds. The van der Waals surface area contributed by atoms with Gasteiger partial charge in [0.05, 0.1) is 12.7 Å². The van der Waals surface area contributed by atoms with Crippen molar-refractivity contribution in [2.24, 2.45) is 0 Å². The maximum Gasteiger partial charge on any atom is 0.338 e. The predicted octanol–water partition coefficient (Wildman–Crippen LogP) is 3.27. The number of esters is 1. The van der Waals surface area contributed by atoms with Crippen molar-refractivity contribution in [2.75, 3.05) is 20.8 Å². The van der Waals surface area contributed by atoms with Crippen LogP contribution in [0.2, 0.25) is 0 Å². The van der Waals surface area contributed by atoms with E-state index in [1.807, 2.05) is 32.0 Å². The number of carbonyl (C=O) groups is 2. The van der Waals surface area contributed by atoms with Crippen LogP contribution in [0.4, 0.5) is 4.39 Å². The highest BCUT2D eigenvalue weighted by Gasteiger charge is 2.16. The number of hydrogen-bond acceptors (Lipinski definition) is 4. The van der Waals surface area contributed by atoms with Gasteiger partial charge in [-0.3, -0.25) is 4.79 Å². The molecule has 0 aliphatic rings. The van der Waals surface area contributed by atoms with Crippen molar-refractivity contribution in [2.45, 2.75) is 20.4 Å². The maximum absolute atomic E-state index is 13.6. The molecule has 0 heterocycles. The summed E-state index contributed by atoms with van der Waals surface area (Å²) in [7, 11) is 2.98. The highest BCUT2D eigenvalue weighted by molar-refractivity contribution is 5.91. The van der Waals surface area contributed by atoms with Gasteiger partial charge in [-0.1, -0.05) is 23.8 Å². The quantitative estimate of drug-likeness (QED) is 0.743. The third kappa shape index (κ3) is 4.81. The van der Waals surface area contributed by atoms with Crippen molar-refractivity contribution < 1.29 is 23.5 Å². The molecule has 138 valence electrons. The van der Waals surface area contributed by atoms with Crippen LogP contribution in [0.25, 0.3) is 0 Å². The van der Waals surface area contributed by atoms with Gasteiger partial charge in [-0.2, -0.15) is 0 Å². The second-order valence-electron chi connectivity index (χ2n) is 6.11. The Morgan fingerprint density at radius 2 is 1.85 bits per heavy atom. The van der Waals surface area contributed by atoms with Gasteiger partial charge in [0.25, 0.3) is 5.91 Å². The normalized spacial score (nSPS) is 10.3. The van der Waals surface area contributed by atoms with E-state index in [4.69, 9.17) is 9.47 Å². The molecule has 2 aromatic carbocycles. The number of benzene rings is 2. The smallest absolute Gasteiger partial charge is 0.338 e. The largest absolute Gasteiger partial charge is 0.494 e. The monoisotopic (exact) mass is 359 g/mol. The van der Waals surface area contributed by atoms with E-state index in [-0.39, 0.29) is 17.2 Å². The number of likely N-dealkylation sites (N-methyl/N-ethyl adjacent to an activating group) is 1. The number of hydrogen-bond donors (Lipinski definition) is 0. The first-order chi connectivity index (χ1) is 12.3. The third-order valence-corrected chi connectivity index (χ3v) is 4.05. The van der Waals surface area contributed by atoms with E-state index >= 15 is 0 Å². The van der Waals surface area contributed by atoms with Crippen LogP contribution < -0.4 is 4.74 Å². The molecule has 6 heteroatoms. The van der Waals surface area contributed by atoms with E-state index in [9.17, 15) is 14.0 Å². The molecule has 0 aromatic heterocycles. The summed E-state index contributed by atoms with van der Waals surface area (Å²) < 4.78 is 23.4. The van der Waals surface area contributed by atoms with Crippen molar-refractivity contribution in [1.82, 2.24) is 4.90 Å². The van der Waals surface area contributed by atoms with Crippen LogP contribution >= 0.6 is 0 Å². The highest BCUT2D eigenvalue weighted by Crippen LogP contribution is 2.18. The summed E-state index contributed by atoms with van der Waals surface area (Å²) in [6, 6.07) is 9.74. The zero-order valence-corrected chi connectivity index (χ0v) is 15.3. The molecule has 5 nitrogen and oxygen atoms in total. The molecule has 0 radical (unpaired) electrons. The van der Waals surface area contributed by atoms with Crippen molar-refractivity contribution in [3.8, 4) is 5.75 Å². The summed E-state index contributed by atoms with van der Waals surface area (Å²) in [5.41, 5.74) is 3.29. The van der Waals surface area contributed by atoms with E-state index in [0.29, 0.717) is 6.54 Å². The molecule has 0 bridgehead atoms. The van der Waals surface area contributed by atoms with Crippen LogP contribution in [0.15, 0.2) is 36.4 Å². The van der Waals surface area contributed by atoms with Crippen LogP contribution in [0.3, 0.4) is 0 Å². The van der Waals surface area contributed by atoms with Crippen molar-refractivity contribution in [1.29, 1.82) is 0 Å². The molecule has 2 aromatic rings. The molecule has 0 spiro atoms. The molecule has 0 saturated heterocycles. The van der Waals surface area contributed by atoms with E-state index < -0.39 is 18.4 Å². The van der Waals surface area contributed by atoms with Crippen LogP contribution in [-0.4, -0.2) is 37.5 Å². The Morgan fingerprint density at radius 1 is 1.12 bits per heavy atom. The van der Waals surface area contributed by atoms with Gasteiger partial charge >= 0.3 is 5.97 Å². The first-order valence-electron chi connectivity index (χ1n) is 8.12. The molecule has 0 aliphatic heterocycles. The maximum atomic E-state index is 13.6. The summed E-state index contributed by atoms with van der Waals surface area (Å²) in [5.74, 6) is -1.74. The molecule has 0 fully saturated rings. The van der Waals surface area contributed by atoms with Gasteiger partial charge in [-0.25, -0.2) is 9.18 Å². The lowest BCUT2D eigenvalue weighted by molar-refractivity contribution is -0.133. The summed E-state index contributed by atoms with van der Waals surface area (Å²) >= 11 is 0. The SMILES string of the molecule is COc1ccc(C(=O)OCC(=O)N(C)Cc2ccc(C)cc2C)cc1F. The standard InChI is InChI=1S/C20H22FNO4/c1-13-5-6-16(14(2)9-13)11-22(3)19(23)12-26-20(24)15-7-8-18(25-4)17(21)10-15/h5-10H,11-12H2,1-4H3. The minimum absolute atomic E-state index is 0.0214. The zero-order valence-electron chi connectivity index (χ0n) is 15.3. The average Bonchev–Trinajstić information content (AvgIpc) is 2.61. The first kappa shape index (κ1) is 19.4. The number of aryl methyl sites for hydroxylation is 2. The Kier molecular flexibility index (Phi) is 6.33. The first-order valence-corrected chi connectivity index (χ1v) is 8.12. The van der Waals surface area contributed by atoms with Crippen LogP contribution in [-0.2, 0) is 16.1 Å². The van der Waals surface area contributed by atoms with Gasteiger partial charge in [0.1, 0.15) is 0 Å². The molecule has 0 unspecified atom stereocenters. The Balaban J connectivity index is 1.92. The van der Waals surface area contributed by atoms with E-state index in [1.165, 1.54) is 24.1 Å². The van der Waals surface area contributed by atoms with Gasteiger partial charge in [0.2, 0.25) is 0 Å². The molecule has 0 saturated carbocycles. The number of ether oxygens (including phenoxy) is 2. The summed E-state index contributed by atoms with van der Waals surface area (Å²) in [4.78, 5) is 25.6. The summed E-state index contributed by atoms with van der Waals surface area (Å²) in [5, 5.41) is 0. The number of nitrogens with zero attached hydrogens (tertiary/aromatic N) is 1. The fraction of sp³-hybridized carbons (Fsp3) is 0.300. The minimum Gasteiger partial charge on any atom is -0.494 e. The fourth-order valence-electron chi connectivity index (χ4n) is 2.48. The summed E-state index contributed by atoms with van der Waals surface area (Å²) in [6.07, 6.45) is 0. The number of carbonyl (C=O) groups excluding carboxylic acids is 2.